The average Bonchev–Trinajstić information content (AvgIpc) is 2.38. The molecule has 0 spiro atoms. The summed E-state index contributed by atoms with van der Waals surface area (Å²) < 4.78 is 1.45. The second-order valence-electron chi connectivity index (χ2n) is 4.60. The summed E-state index contributed by atoms with van der Waals surface area (Å²) in [6, 6.07) is 12.4. The lowest BCUT2D eigenvalue weighted by molar-refractivity contribution is 0.941. The fourth-order valence-corrected chi connectivity index (χ4v) is 2.40. The molecular weight excluding hydrogens is 276 g/mol. The first-order valence-electron chi connectivity index (χ1n) is 6.08. The molecule has 3 rings (SSSR count). The third-order valence-electron chi connectivity index (χ3n) is 3.13. The highest BCUT2D eigenvalue weighted by Crippen LogP contribution is 2.18. The molecule has 5 heteroatoms. The zero-order chi connectivity index (χ0) is 14.3. The average molecular weight is 287 g/mol. The van der Waals surface area contributed by atoms with Crippen molar-refractivity contribution in [1.82, 2.24) is 9.55 Å². The maximum Gasteiger partial charge on any atom is 0.333 e. The van der Waals surface area contributed by atoms with E-state index in [1.165, 1.54) is 4.57 Å². The molecule has 0 aliphatic heterocycles. The molecule has 0 atom stereocenters. The van der Waals surface area contributed by atoms with Gasteiger partial charge in [-0.1, -0.05) is 23.7 Å². The van der Waals surface area contributed by atoms with Gasteiger partial charge in [-0.2, -0.15) is 0 Å². The number of nitrogens with one attached hydrogen (secondary N) is 1. The molecule has 0 aliphatic carbocycles. The maximum atomic E-state index is 12.1. The Bertz CT molecular complexity index is 925. The van der Waals surface area contributed by atoms with E-state index in [2.05, 4.69) is 4.98 Å². The molecule has 20 heavy (non-hydrogen) atoms. The number of hydrogen-bond donors (Lipinski definition) is 1. The third kappa shape index (κ3) is 2.04. The van der Waals surface area contributed by atoms with E-state index < -0.39 is 11.2 Å². The van der Waals surface area contributed by atoms with Crippen molar-refractivity contribution in [2.24, 2.45) is 0 Å². The van der Waals surface area contributed by atoms with Crippen LogP contribution in [-0.4, -0.2) is 9.55 Å². The molecule has 0 radical (unpaired) electrons. The van der Waals surface area contributed by atoms with Crippen LogP contribution in [0.1, 0.15) is 5.56 Å². The summed E-state index contributed by atoms with van der Waals surface area (Å²) >= 11 is 5.99. The molecule has 0 amide bonds. The summed E-state index contributed by atoms with van der Waals surface area (Å²) in [7, 11) is 0. The Morgan fingerprint density at radius 3 is 2.65 bits per heavy atom. The minimum Gasteiger partial charge on any atom is -0.273 e. The molecule has 1 aromatic heterocycles. The Balaban J connectivity index is 2.49. The molecule has 4 nitrogen and oxygen atoms in total. The van der Waals surface area contributed by atoms with E-state index >= 15 is 0 Å². The van der Waals surface area contributed by atoms with E-state index in [0.717, 1.165) is 5.56 Å². The summed E-state index contributed by atoms with van der Waals surface area (Å²) in [5, 5.41) is 0.902. The van der Waals surface area contributed by atoms with Crippen LogP contribution in [0.25, 0.3) is 16.6 Å². The molecule has 1 N–H and O–H groups in total. The lowest BCUT2D eigenvalue weighted by atomic mass is 10.2. The minimum atomic E-state index is -0.477. The zero-order valence-electron chi connectivity index (χ0n) is 10.7. The number of benzene rings is 2. The van der Waals surface area contributed by atoms with Crippen molar-refractivity contribution in [1.29, 1.82) is 0 Å². The van der Waals surface area contributed by atoms with Crippen molar-refractivity contribution in [3.05, 3.63) is 73.9 Å². The number of aromatic nitrogens is 2. The second kappa shape index (κ2) is 4.65. The zero-order valence-corrected chi connectivity index (χ0v) is 11.4. The Morgan fingerprint density at radius 1 is 1.10 bits per heavy atom. The molecule has 0 unspecified atom stereocenters. The van der Waals surface area contributed by atoms with Gasteiger partial charge in [0.2, 0.25) is 0 Å². The SMILES string of the molecule is Cc1cccc(-n2c(=O)[nH]c(=O)c3ccc(Cl)cc32)c1. The van der Waals surface area contributed by atoms with E-state index in [0.29, 0.717) is 21.6 Å². The number of H-pyrrole nitrogens is 1. The first-order chi connectivity index (χ1) is 9.56. The van der Waals surface area contributed by atoms with Gasteiger partial charge in [0.15, 0.2) is 0 Å². The normalized spacial score (nSPS) is 10.9. The van der Waals surface area contributed by atoms with Gasteiger partial charge in [0.25, 0.3) is 5.56 Å². The molecule has 100 valence electrons. The fraction of sp³-hybridized carbons (Fsp3) is 0.0667. The first-order valence-corrected chi connectivity index (χ1v) is 6.46. The topological polar surface area (TPSA) is 54.9 Å². The van der Waals surface area contributed by atoms with Crippen LogP contribution < -0.4 is 11.2 Å². The molecule has 0 aliphatic rings. The van der Waals surface area contributed by atoms with Crippen molar-refractivity contribution < 1.29 is 0 Å². The second-order valence-corrected chi connectivity index (χ2v) is 5.03. The van der Waals surface area contributed by atoms with Crippen LogP contribution in [-0.2, 0) is 0 Å². The number of rotatable bonds is 1. The maximum absolute atomic E-state index is 12.1. The number of hydrogen-bond acceptors (Lipinski definition) is 2. The summed E-state index contributed by atoms with van der Waals surface area (Å²) in [6.45, 7) is 1.94. The van der Waals surface area contributed by atoms with Gasteiger partial charge < -0.3 is 0 Å². The molecule has 0 saturated heterocycles. The molecule has 1 heterocycles. The monoisotopic (exact) mass is 286 g/mol. The summed E-state index contributed by atoms with van der Waals surface area (Å²) in [5.41, 5.74) is 1.33. The smallest absolute Gasteiger partial charge is 0.273 e. The predicted molar refractivity (Wildman–Crippen MR) is 79.9 cm³/mol. The van der Waals surface area contributed by atoms with Crippen LogP contribution in [0, 0.1) is 6.92 Å². The Labute approximate surface area is 119 Å². The van der Waals surface area contributed by atoms with Gasteiger partial charge in [-0.3, -0.25) is 14.3 Å². The number of aromatic amines is 1. The lowest BCUT2D eigenvalue weighted by Crippen LogP contribution is -2.29. The largest absolute Gasteiger partial charge is 0.333 e. The summed E-state index contributed by atoms with van der Waals surface area (Å²) in [6.07, 6.45) is 0. The van der Waals surface area contributed by atoms with Gasteiger partial charge in [-0.05, 0) is 42.8 Å². The van der Waals surface area contributed by atoms with Crippen molar-refractivity contribution in [2.75, 3.05) is 0 Å². The molecule has 0 fully saturated rings. The Hall–Kier alpha value is -2.33. The number of aryl methyl sites for hydroxylation is 1. The standard InChI is InChI=1S/C15H11ClN2O2/c1-9-3-2-4-11(7-9)18-13-8-10(16)5-6-12(13)14(19)17-15(18)20/h2-8H,1H3,(H,17,19,20). The Kier molecular flexibility index (Phi) is 2.95. The van der Waals surface area contributed by atoms with E-state index in [9.17, 15) is 9.59 Å². The highest BCUT2D eigenvalue weighted by Gasteiger charge is 2.09. The van der Waals surface area contributed by atoms with Crippen molar-refractivity contribution in [2.45, 2.75) is 6.92 Å². The molecule has 0 saturated carbocycles. The Morgan fingerprint density at radius 2 is 1.90 bits per heavy atom. The number of halogens is 1. The van der Waals surface area contributed by atoms with Crippen LogP contribution in [0.2, 0.25) is 5.02 Å². The third-order valence-corrected chi connectivity index (χ3v) is 3.36. The summed E-state index contributed by atoms with van der Waals surface area (Å²) in [4.78, 5) is 26.3. The van der Waals surface area contributed by atoms with Gasteiger partial charge in [0, 0.05) is 5.02 Å². The fourth-order valence-electron chi connectivity index (χ4n) is 2.23. The van der Waals surface area contributed by atoms with Crippen LogP contribution in [0.15, 0.2) is 52.1 Å². The van der Waals surface area contributed by atoms with Crippen LogP contribution in [0.5, 0.6) is 0 Å². The van der Waals surface area contributed by atoms with Crippen molar-refractivity contribution >= 4 is 22.5 Å². The predicted octanol–water partition coefficient (Wildman–Crippen LogP) is 2.64. The van der Waals surface area contributed by atoms with Crippen LogP contribution in [0.3, 0.4) is 0 Å². The first kappa shape index (κ1) is 12.7. The summed E-state index contributed by atoms with van der Waals surface area (Å²) in [5.74, 6) is 0. The number of fused-ring (bicyclic) bond motifs is 1. The van der Waals surface area contributed by atoms with E-state index in [-0.39, 0.29) is 0 Å². The lowest BCUT2D eigenvalue weighted by Gasteiger charge is -2.10. The van der Waals surface area contributed by atoms with Crippen LogP contribution >= 0.6 is 11.6 Å². The van der Waals surface area contributed by atoms with Gasteiger partial charge >= 0.3 is 5.69 Å². The highest BCUT2D eigenvalue weighted by molar-refractivity contribution is 6.31. The van der Waals surface area contributed by atoms with E-state index in [1.807, 2.05) is 31.2 Å². The number of nitrogens with zero attached hydrogens (tertiary/aromatic N) is 1. The minimum absolute atomic E-state index is 0.412. The van der Waals surface area contributed by atoms with Crippen molar-refractivity contribution in [3.63, 3.8) is 0 Å². The van der Waals surface area contributed by atoms with E-state index in [1.54, 1.807) is 18.2 Å². The van der Waals surface area contributed by atoms with Crippen LogP contribution in [0.4, 0.5) is 0 Å². The molecule has 2 aromatic carbocycles. The molecule has 3 aromatic rings. The van der Waals surface area contributed by atoms with Gasteiger partial charge in [0.1, 0.15) is 0 Å². The van der Waals surface area contributed by atoms with E-state index in [4.69, 9.17) is 11.6 Å². The van der Waals surface area contributed by atoms with Gasteiger partial charge in [-0.25, -0.2) is 4.79 Å². The molecular formula is C15H11ClN2O2. The highest BCUT2D eigenvalue weighted by atomic mass is 35.5. The van der Waals surface area contributed by atoms with Crippen molar-refractivity contribution in [3.8, 4) is 5.69 Å². The van der Waals surface area contributed by atoms with Gasteiger partial charge in [-0.15, -0.1) is 0 Å². The quantitative estimate of drug-likeness (QED) is 0.748. The van der Waals surface area contributed by atoms with Gasteiger partial charge in [0.05, 0.1) is 16.6 Å². The molecule has 0 bridgehead atoms.